The molecule has 3 N–H and O–H groups in total. The Hall–Kier alpha value is -0.0700. The molecular formula is C17H41Cl2N3O2. The van der Waals surface area contributed by atoms with Crippen molar-refractivity contribution in [1.82, 2.24) is 5.32 Å². The molecule has 0 aliphatic carbocycles. The lowest BCUT2D eigenvalue weighted by atomic mass is 9.89. The molecule has 0 aliphatic heterocycles. The van der Waals surface area contributed by atoms with Crippen LogP contribution in [0.1, 0.15) is 40.0 Å². The van der Waals surface area contributed by atoms with Gasteiger partial charge in [-0.1, -0.05) is 20.8 Å². The van der Waals surface area contributed by atoms with E-state index in [9.17, 15) is 4.79 Å². The predicted octanol–water partition coefficient (Wildman–Crippen LogP) is -4.72. The molecule has 0 aromatic rings. The Morgan fingerprint density at radius 1 is 0.917 bits per heavy atom. The van der Waals surface area contributed by atoms with Gasteiger partial charge in [0.2, 0.25) is 5.91 Å². The molecule has 0 spiro atoms. The molecular weight excluding hydrogens is 349 g/mol. The zero-order valence-electron chi connectivity index (χ0n) is 17.0. The number of quaternary nitrogens is 2. The van der Waals surface area contributed by atoms with Crippen molar-refractivity contribution in [2.24, 2.45) is 5.41 Å². The summed E-state index contributed by atoms with van der Waals surface area (Å²) >= 11 is 0. The van der Waals surface area contributed by atoms with E-state index in [1.165, 1.54) is 19.5 Å². The average molecular weight is 390 g/mol. The first kappa shape index (κ1) is 31.7. The van der Waals surface area contributed by atoms with Gasteiger partial charge in [0.05, 0.1) is 54.9 Å². The third-order valence-electron chi connectivity index (χ3n) is 4.32. The summed E-state index contributed by atoms with van der Waals surface area (Å²) in [5, 5.41) is 3.07. The van der Waals surface area contributed by atoms with Gasteiger partial charge in [0.15, 0.2) is 0 Å². The van der Waals surface area contributed by atoms with E-state index in [-0.39, 0.29) is 41.6 Å². The molecule has 1 amide bonds. The highest BCUT2D eigenvalue weighted by Gasteiger charge is 2.25. The molecule has 0 saturated carbocycles. The molecule has 0 fully saturated rings. The molecule has 0 radical (unpaired) electrons. The van der Waals surface area contributed by atoms with E-state index in [1.807, 2.05) is 13.8 Å². The summed E-state index contributed by atoms with van der Waals surface area (Å²) in [6.45, 7) is 10.4. The SMILES string of the molecule is CCC(C)(C)C(=O)NCCC[N+](C)(C)CCC[N+](C)(C)C.O.[Cl-].[Cl-]. The summed E-state index contributed by atoms with van der Waals surface area (Å²) in [6, 6.07) is 0. The monoisotopic (exact) mass is 389 g/mol. The summed E-state index contributed by atoms with van der Waals surface area (Å²) in [5.41, 5.74) is -0.241. The largest absolute Gasteiger partial charge is 1.00 e. The first-order valence-corrected chi connectivity index (χ1v) is 8.30. The van der Waals surface area contributed by atoms with Crippen molar-refractivity contribution in [3.63, 3.8) is 0 Å². The Labute approximate surface area is 162 Å². The molecule has 0 rings (SSSR count). The number of carbonyl (C=O) groups is 1. The van der Waals surface area contributed by atoms with Crippen LogP contribution in [0.25, 0.3) is 0 Å². The molecule has 0 aromatic heterocycles. The topological polar surface area (TPSA) is 60.6 Å². The third kappa shape index (κ3) is 15.5. The van der Waals surface area contributed by atoms with Crippen molar-refractivity contribution in [3.8, 4) is 0 Å². The Balaban J connectivity index is -0.000000667. The second-order valence-electron chi connectivity index (χ2n) is 8.60. The molecule has 7 heteroatoms. The minimum Gasteiger partial charge on any atom is -1.00 e. The number of halogens is 2. The number of hydrogen-bond acceptors (Lipinski definition) is 1. The Kier molecular flexibility index (Phi) is 17.4. The van der Waals surface area contributed by atoms with Gasteiger partial charge in [-0.2, -0.15) is 0 Å². The lowest BCUT2D eigenvalue weighted by molar-refractivity contribution is -0.902. The molecule has 0 unspecified atom stereocenters. The summed E-state index contributed by atoms with van der Waals surface area (Å²) < 4.78 is 2.06. The lowest BCUT2D eigenvalue weighted by Crippen LogP contribution is -3.00. The molecule has 150 valence electrons. The fourth-order valence-electron chi connectivity index (χ4n) is 2.19. The van der Waals surface area contributed by atoms with E-state index < -0.39 is 0 Å². The number of carbonyl (C=O) groups excluding carboxylic acids is 1. The summed E-state index contributed by atoms with van der Waals surface area (Å²) in [6.07, 6.45) is 3.17. The van der Waals surface area contributed by atoms with Crippen molar-refractivity contribution >= 4 is 5.91 Å². The van der Waals surface area contributed by atoms with E-state index in [0.717, 1.165) is 34.9 Å². The van der Waals surface area contributed by atoms with E-state index in [4.69, 9.17) is 0 Å². The van der Waals surface area contributed by atoms with E-state index >= 15 is 0 Å². The van der Waals surface area contributed by atoms with Crippen molar-refractivity contribution in [1.29, 1.82) is 0 Å². The van der Waals surface area contributed by atoms with Crippen LogP contribution in [0.2, 0.25) is 0 Å². The van der Waals surface area contributed by atoms with Gasteiger partial charge < -0.3 is 44.6 Å². The fraction of sp³-hybridized carbons (Fsp3) is 0.941. The Bertz CT molecular complexity index is 330. The first-order valence-electron chi connectivity index (χ1n) is 8.30. The Morgan fingerprint density at radius 3 is 1.79 bits per heavy atom. The standard InChI is InChI=1S/C17H38N3O.2ClH.H2O/c1-9-17(2,3)16(21)18-12-10-14-20(7,8)15-11-13-19(4,5)6;;;/h9-15H2,1-8H3;2*1H;1H2/q+1;;;/p-1. The smallest absolute Gasteiger partial charge is 0.225 e. The van der Waals surface area contributed by atoms with Crippen LogP contribution in [0, 0.1) is 5.41 Å². The van der Waals surface area contributed by atoms with Gasteiger partial charge in [-0.3, -0.25) is 4.79 Å². The summed E-state index contributed by atoms with van der Waals surface area (Å²) in [7, 11) is 11.3. The fourth-order valence-corrected chi connectivity index (χ4v) is 2.19. The van der Waals surface area contributed by atoms with Crippen molar-refractivity contribution < 1.29 is 44.1 Å². The van der Waals surface area contributed by atoms with Gasteiger partial charge in [-0.05, 0) is 6.42 Å². The molecule has 0 atom stereocenters. The number of nitrogens with one attached hydrogen (secondary N) is 1. The van der Waals surface area contributed by atoms with E-state index in [0.29, 0.717) is 0 Å². The molecule has 0 heterocycles. The van der Waals surface area contributed by atoms with Gasteiger partial charge in [0, 0.05) is 24.8 Å². The zero-order chi connectivity index (χ0) is 16.7. The normalized spacial score (nSPS) is 11.7. The molecule has 5 nitrogen and oxygen atoms in total. The average Bonchev–Trinajstić information content (AvgIpc) is 2.32. The van der Waals surface area contributed by atoms with Crippen molar-refractivity contribution in [2.75, 3.05) is 61.4 Å². The van der Waals surface area contributed by atoms with Crippen molar-refractivity contribution in [3.05, 3.63) is 0 Å². The van der Waals surface area contributed by atoms with Gasteiger partial charge in [0.25, 0.3) is 0 Å². The van der Waals surface area contributed by atoms with E-state index in [1.54, 1.807) is 0 Å². The highest BCUT2D eigenvalue weighted by Crippen LogP contribution is 2.19. The quantitative estimate of drug-likeness (QED) is 0.296. The van der Waals surface area contributed by atoms with Crippen molar-refractivity contribution in [2.45, 2.75) is 40.0 Å². The second-order valence-corrected chi connectivity index (χ2v) is 8.60. The maximum absolute atomic E-state index is 12.0. The Morgan fingerprint density at radius 2 is 1.38 bits per heavy atom. The molecule has 24 heavy (non-hydrogen) atoms. The minimum absolute atomic E-state index is 0. The highest BCUT2D eigenvalue weighted by molar-refractivity contribution is 5.81. The first-order chi connectivity index (χ1) is 9.40. The van der Waals surface area contributed by atoms with Crippen LogP contribution >= 0.6 is 0 Å². The van der Waals surface area contributed by atoms with E-state index in [2.05, 4.69) is 47.5 Å². The number of hydrogen-bond donors (Lipinski definition) is 1. The van der Waals surface area contributed by atoms with Gasteiger partial charge in [0.1, 0.15) is 0 Å². The number of rotatable bonds is 10. The van der Waals surface area contributed by atoms with Crippen LogP contribution in [0.15, 0.2) is 0 Å². The second kappa shape index (κ2) is 13.2. The summed E-state index contributed by atoms with van der Waals surface area (Å²) in [4.78, 5) is 12.0. The number of amides is 1. The number of nitrogens with zero attached hydrogens (tertiary/aromatic N) is 2. The van der Waals surface area contributed by atoms with Gasteiger partial charge in [-0.15, -0.1) is 0 Å². The zero-order valence-corrected chi connectivity index (χ0v) is 18.5. The maximum Gasteiger partial charge on any atom is 0.225 e. The predicted molar refractivity (Wildman–Crippen MR) is 94.7 cm³/mol. The molecule has 0 aromatic carbocycles. The van der Waals surface area contributed by atoms with Gasteiger partial charge >= 0.3 is 0 Å². The lowest BCUT2D eigenvalue weighted by Gasteiger charge is -2.32. The third-order valence-corrected chi connectivity index (χ3v) is 4.32. The van der Waals surface area contributed by atoms with Crippen LogP contribution in [-0.2, 0) is 4.79 Å². The molecule has 0 bridgehead atoms. The molecule has 0 saturated heterocycles. The highest BCUT2D eigenvalue weighted by atomic mass is 35.5. The summed E-state index contributed by atoms with van der Waals surface area (Å²) in [5.74, 6) is 0.181. The van der Waals surface area contributed by atoms with Crippen LogP contribution < -0.4 is 30.1 Å². The van der Waals surface area contributed by atoms with Gasteiger partial charge in [-0.25, -0.2) is 0 Å². The van der Waals surface area contributed by atoms with Crippen LogP contribution in [0.3, 0.4) is 0 Å². The molecule has 0 aliphatic rings. The van der Waals surface area contributed by atoms with Crippen LogP contribution in [0.4, 0.5) is 0 Å². The van der Waals surface area contributed by atoms with Crippen LogP contribution in [0.5, 0.6) is 0 Å². The van der Waals surface area contributed by atoms with Crippen LogP contribution in [-0.4, -0.2) is 81.8 Å². The minimum atomic E-state index is -0.241. The maximum atomic E-state index is 12.0.